The quantitative estimate of drug-likeness (QED) is 0.727. The smallest absolute Gasteiger partial charge is 0.258 e. The molecule has 0 unspecified atom stereocenters. The maximum Gasteiger partial charge on any atom is 0.258 e. The second-order valence-corrected chi connectivity index (χ2v) is 4.94. The first kappa shape index (κ1) is 13.3. The molecule has 21 heavy (non-hydrogen) atoms. The number of nitrogens with zero attached hydrogens (tertiary/aromatic N) is 2. The second kappa shape index (κ2) is 5.01. The topological polar surface area (TPSA) is 64.9 Å². The second-order valence-electron chi connectivity index (χ2n) is 4.94. The molecular formula is C16H14FN3O. The summed E-state index contributed by atoms with van der Waals surface area (Å²) >= 11 is 0. The summed E-state index contributed by atoms with van der Waals surface area (Å²) in [6.07, 6.45) is 0. The van der Waals surface area contributed by atoms with Gasteiger partial charge in [0.15, 0.2) is 0 Å². The molecule has 2 aromatic carbocycles. The van der Waals surface area contributed by atoms with Crippen LogP contribution in [0.2, 0.25) is 0 Å². The molecule has 3 rings (SSSR count). The predicted octanol–water partition coefficient (Wildman–Crippen LogP) is 3.74. The summed E-state index contributed by atoms with van der Waals surface area (Å²) in [5.41, 5.74) is 10.1. The van der Waals surface area contributed by atoms with Crippen molar-refractivity contribution in [3.8, 4) is 22.8 Å². The molecule has 2 N–H and O–H groups in total. The van der Waals surface area contributed by atoms with Crippen molar-refractivity contribution in [1.82, 2.24) is 10.1 Å². The van der Waals surface area contributed by atoms with E-state index in [1.807, 2.05) is 26.0 Å². The lowest BCUT2D eigenvalue weighted by atomic mass is 10.0. The molecule has 3 aromatic rings. The van der Waals surface area contributed by atoms with Crippen LogP contribution in [0.1, 0.15) is 11.1 Å². The largest absolute Gasteiger partial charge is 0.399 e. The highest BCUT2D eigenvalue weighted by molar-refractivity contribution is 5.68. The Morgan fingerprint density at radius 3 is 2.52 bits per heavy atom. The van der Waals surface area contributed by atoms with E-state index in [4.69, 9.17) is 10.3 Å². The van der Waals surface area contributed by atoms with Gasteiger partial charge in [-0.1, -0.05) is 5.16 Å². The standard InChI is InChI=1S/C16H14FN3O/c1-9-7-13(18)8-14(10(9)2)16-19-15(20-21-16)11-3-5-12(17)6-4-11/h3-8H,18H2,1-2H3. The third-order valence-electron chi connectivity index (χ3n) is 3.45. The average Bonchev–Trinajstić information content (AvgIpc) is 2.93. The van der Waals surface area contributed by atoms with Crippen LogP contribution in [-0.2, 0) is 0 Å². The van der Waals surface area contributed by atoms with Crippen molar-refractivity contribution >= 4 is 5.69 Å². The number of halogens is 1. The summed E-state index contributed by atoms with van der Waals surface area (Å²) in [6, 6.07) is 9.66. The Labute approximate surface area is 121 Å². The zero-order chi connectivity index (χ0) is 15.0. The maximum atomic E-state index is 12.9. The number of benzene rings is 2. The van der Waals surface area contributed by atoms with Gasteiger partial charge in [0.25, 0.3) is 5.89 Å². The van der Waals surface area contributed by atoms with Gasteiger partial charge in [-0.3, -0.25) is 0 Å². The van der Waals surface area contributed by atoms with Gasteiger partial charge in [-0.25, -0.2) is 4.39 Å². The zero-order valence-corrected chi connectivity index (χ0v) is 11.7. The molecule has 1 aromatic heterocycles. The highest BCUT2D eigenvalue weighted by Gasteiger charge is 2.14. The summed E-state index contributed by atoms with van der Waals surface area (Å²) in [5.74, 6) is 0.525. The minimum atomic E-state index is -0.301. The van der Waals surface area contributed by atoms with Crippen molar-refractivity contribution in [3.05, 3.63) is 53.3 Å². The lowest BCUT2D eigenvalue weighted by molar-refractivity contribution is 0.432. The molecule has 1 heterocycles. The molecule has 0 aliphatic heterocycles. The number of nitrogens with two attached hydrogens (primary N) is 1. The number of aromatic nitrogens is 2. The lowest BCUT2D eigenvalue weighted by Crippen LogP contribution is -1.93. The summed E-state index contributed by atoms with van der Waals surface area (Å²) in [7, 11) is 0. The van der Waals surface area contributed by atoms with E-state index in [1.165, 1.54) is 12.1 Å². The zero-order valence-electron chi connectivity index (χ0n) is 11.7. The summed E-state index contributed by atoms with van der Waals surface area (Å²) < 4.78 is 18.3. The van der Waals surface area contributed by atoms with Crippen LogP contribution in [0.15, 0.2) is 40.9 Å². The van der Waals surface area contributed by atoms with Crippen molar-refractivity contribution in [1.29, 1.82) is 0 Å². The normalized spacial score (nSPS) is 10.8. The fourth-order valence-corrected chi connectivity index (χ4v) is 2.16. The first-order valence-corrected chi connectivity index (χ1v) is 6.51. The van der Waals surface area contributed by atoms with Crippen LogP contribution in [0.25, 0.3) is 22.8 Å². The Kier molecular flexibility index (Phi) is 3.17. The number of nitrogen functional groups attached to an aromatic ring is 1. The fourth-order valence-electron chi connectivity index (χ4n) is 2.16. The van der Waals surface area contributed by atoms with Gasteiger partial charge in [0.1, 0.15) is 5.82 Å². The Morgan fingerprint density at radius 2 is 1.81 bits per heavy atom. The number of aryl methyl sites for hydroxylation is 1. The van der Waals surface area contributed by atoms with Crippen molar-refractivity contribution in [2.75, 3.05) is 5.73 Å². The van der Waals surface area contributed by atoms with Gasteiger partial charge in [-0.2, -0.15) is 4.98 Å². The Balaban J connectivity index is 2.04. The molecule has 0 radical (unpaired) electrons. The van der Waals surface area contributed by atoms with Crippen LogP contribution in [-0.4, -0.2) is 10.1 Å². The van der Waals surface area contributed by atoms with Gasteiger partial charge in [0, 0.05) is 16.8 Å². The van der Waals surface area contributed by atoms with E-state index in [0.717, 1.165) is 16.7 Å². The summed E-state index contributed by atoms with van der Waals surface area (Å²) in [6.45, 7) is 3.96. The third kappa shape index (κ3) is 2.50. The van der Waals surface area contributed by atoms with Gasteiger partial charge in [0.05, 0.1) is 0 Å². The Hall–Kier alpha value is -2.69. The van der Waals surface area contributed by atoms with Gasteiger partial charge in [-0.15, -0.1) is 0 Å². The van der Waals surface area contributed by atoms with Crippen LogP contribution in [0, 0.1) is 19.7 Å². The summed E-state index contributed by atoms with van der Waals surface area (Å²) in [4.78, 5) is 4.37. The van der Waals surface area contributed by atoms with E-state index in [1.54, 1.807) is 12.1 Å². The first-order chi connectivity index (χ1) is 10.0. The number of hydrogen-bond acceptors (Lipinski definition) is 4. The fraction of sp³-hybridized carbons (Fsp3) is 0.125. The van der Waals surface area contributed by atoms with Crippen LogP contribution in [0.5, 0.6) is 0 Å². The van der Waals surface area contributed by atoms with E-state index in [9.17, 15) is 4.39 Å². The predicted molar refractivity (Wildman–Crippen MR) is 79.0 cm³/mol. The number of hydrogen-bond donors (Lipinski definition) is 1. The minimum absolute atomic E-state index is 0.301. The van der Waals surface area contributed by atoms with E-state index in [0.29, 0.717) is 23.0 Å². The van der Waals surface area contributed by atoms with Crippen LogP contribution < -0.4 is 5.73 Å². The van der Waals surface area contributed by atoms with Crippen molar-refractivity contribution in [3.63, 3.8) is 0 Å². The van der Waals surface area contributed by atoms with E-state index in [-0.39, 0.29) is 5.82 Å². The van der Waals surface area contributed by atoms with E-state index in [2.05, 4.69) is 10.1 Å². The highest BCUT2D eigenvalue weighted by atomic mass is 19.1. The van der Waals surface area contributed by atoms with Crippen LogP contribution in [0.4, 0.5) is 10.1 Å². The molecule has 0 bridgehead atoms. The molecule has 4 nitrogen and oxygen atoms in total. The molecule has 5 heteroatoms. The molecule has 0 spiro atoms. The minimum Gasteiger partial charge on any atom is -0.399 e. The summed E-state index contributed by atoms with van der Waals surface area (Å²) in [5, 5.41) is 3.94. The SMILES string of the molecule is Cc1cc(N)cc(-c2nc(-c3ccc(F)cc3)no2)c1C. The molecule has 0 aliphatic rings. The van der Waals surface area contributed by atoms with Crippen LogP contribution in [0.3, 0.4) is 0 Å². The molecule has 106 valence electrons. The maximum absolute atomic E-state index is 12.9. The average molecular weight is 283 g/mol. The molecule has 0 atom stereocenters. The van der Waals surface area contributed by atoms with Gasteiger partial charge in [-0.05, 0) is 61.4 Å². The Bertz CT molecular complexity index is 794. The van der Waals surface area contributed by atoms with Gasteiger partial charge < -0.3 is 10.3 Å². The molecular weight excluding hydrogens is 269 g/mol. The number of rotatable bonds is 2. The van der Waals surface area contributed by atoms with Crippen LogP contribution >= 0.6 is 0 Å². The van der Waals surface area contributed by atoms with Crippen molar-refractivity contribution in [2.45, 2.75) is 13.8 Å². The molecule has 0 amide bonds. The first-order valence-electron chi connectivity index (χ1n) is 6.51. The van der Waals surface area contributed by atoms with E-state index < -0.39 is 0 Å². The third-order valence-corrected chi connectivity index (χ3v) is 3.45. The monoisotopic (exact) mass is 283 g/mol. The number of anilines is 1. The lowest BCUT2D eigenvalue weighted by Gasteiger charge is -2.06. The molecule has 0 saturated heterocycles. The highest BCUT2D eigenvalue weighted by Crippen LogP contribution is 2.28. The molecule has 0 aliphatic carbocycles. The molecule has 0 saturated carbocycles. The van der Waals surface area contributed by atoms with Crippen molar-refractivity contribution in [2.24, 2.45) is 0 Å². The Morgan fingerprint density at radius 1 is 1.10 bits per heavy atom. The van der Waals surface area contributed by atoms with Crippen molar-refractivity contribution < 1.29 is 8.91 Å². The van der Waals surface area contributed by atoms with Gasteiger partial charge >= 0.3 is 0 Å². The van der Waals surface area contributed by atoms with Gasteiger partial charge in [0.2, 0.25) is 5.82 Å². The molecule has 0 fully saturated rings. The van der Waals surface area contributed by atoms with E-state index >= 15 is 0 Å².